The Morgan fingerprint density at radius 2 is 2.25 bits per heavy atom. The van der Waals surface area contributed by atoms with Gasteiger partial charge in [-0.2, -0.15) is 0 Å². The third kappa shape index (κ3) is 2.11. The van der Waals surface area contributed by atoms with Crippen molar-refractivity contribution in [2.75, 3.05) is 0 Å². The fourth-order valence-corrected chi connectivity index (χ4v) is 2.74. The predicted octanol–water partition coefficient (Wildman–Crippen LogP) is 3.14. The number of benzene rings is 1. The van der Waals surface area contributed by atoms with Crippen LogP contribution in [0.25, 0.3) is 0 Å². The second-order valence-electron chi connectivity index (χ2n) is 4.89. The molecule has 0 aliphatic heterocycles. The summed E-state index contributed by atoms with van der Waals surface area (Å²) in [6.07, 6.45) is 2.33. The van der Waals surface area contributed by atoms with Crippen LogP contribution in [0.2, 0.25) is 0 Å². The lowest BCUT2D eigenvalue weighted by Gasteiger charge is -2.30. The van der Waals surface area contributed by atoms with Crippen molar-refractivity contribution in [3.05, 3.63) is 34.9 Å². The van der Waals surface area contributed by atoms with Crippen molar-refractivity contribution < 1.29 is 9.90 Å². The highest BCUT2D eigenvalue weighted by Gasteiger charge is 2.27. The van der Waals surface area contributed by atoms with E-state index in [1.54, 1.807) is 0 Å². The van der Waals surface area contributed by atoms with Crippen LogP contribution >= 0.6 is 0 Å². The second kappa shape index (κ2) is 4.28. The maximum absolute atomic E-state index is 10.8. The summed E-state index contributed by atoms with van der Waals surface area (Å²) in [5.41, 5.74) is 4.06. The van der Waals surface area contributed by atoms with Gasteiger partial charge in [-0.1, -0.05) is 30.7 Å². The van der Waals surface area contributed by atoms with Crippen LogP contribution in [0.1, 0.15) is 42.4 Å². The normalized spacial score (nSPS) is 23.9. The van der Waals surface area contributed by atoms with Gasteiger partial charge in [0.1, 0.15) is 0 Å². The number of aliphatic carboxylic acids is 1. The van der Waals surface area contributed by atoms with Gasteiger partial charge in [-0.25, -0.2) is 0 Å². The molecule has 0 aromatic heterocycles. The minimum Gasteiger partial charge on any atom is -0.481 e. The molecule has 0 saturated carbocycles. The minimum atomic E-state index is -0.674. The SMILES string of the molecule is Cc1ccc2c(c1)CCC(CC(=O)O)C2C. The van der Waals surface area contributed by atoms with E-state index in [-0.39, 0.29) is 0 Å². The van der Waals surface area contributed by atoms with Crippen LogP contribution in [-0.4, -0.2) is 11.1 Å². The summed E-state index contributed by atoms with van der Waals surface area (Å²) in [6.45, 7) is 4.26. The lowest BCUT2D eigenvalue weighted by atomic mass is 9.74. The van der Waals surface area contributed by atoms with Gasteiger partial charge in [0.2, 0.25) is 0 Å². The largest absolute Gasteiger partial charge is 0.481 e. The summed E-state index contributed by atoms with van der Waals surface area (Å²) >= 11 is 0. The Hall–Kier alpha value is -1.31. The van der Waals surface area contributed by atoms with E-state index in [9.17, 15) is 4.79 Å². The summed E-state index contributed by atoms with van der Waals surface area (Å²) in [5, 5.41) is 8.88. The summed E-state index contributed by atoms with van der Waals surface area (Å²) in [6, 6.07) is 6.53. The molecule has 86 valence electrons. The van der Waals surface area contributed by atoms with Crippen LogP contribution in [0.5, 0.6) is 0 Å². The molecule has 0 radical (unpaired) electrons. The third-order valence-corrected chi connectivity index (χ3v) is 3.72. The Labute approximate surface area is 96.3 Å². The molecule has 0 saturated heterocycles. The molecule has 2 atom stereocenters. The molecule has 2 nitrogen and oxygen atoms in total. The fraction of sp³-hybridized carbons (Fsp3) is 0.500. The van der Waals surface area contributed by atoms with E-state index < -0.39 is 5.97 Å². The molecule has 0 heterocycles. The van der Waals surface area contributed by atoms with Gasteiger partial charge in [-0.05, 0) is 42.7 Å². The Kier molecular flexibility index (Phi) is 2.99. The Balaban J connectivity index is 2.25. The number of hydrogen-bond acceptors (Lipinski definition) is 1. The summed E-state index contributed by atoms with van der Waals surface area (Å²) in [4.78, 5) is 10.8. The van der Waals surface area contributed by atoms with Crippen LogP contribution in [-0.2, 0) is 11.2 Å². The number of rotatable bonds is 2. The molecule has 0 bridgehead atoms. The minimum absolute atomic E-state index is 0.299. The smallest absolute Gasteiger partial charge is 0.303 e. The van der Waals surface area contributed by atoms with Gasteiger partial charge in [0.05, 0.1) is 0 Å². The Morgan fingerprint density at radius 1 is 1.50 bits per heavy atom. The van der Waals surface area contributed by atoms with Gasteiger partial charge in [-0.3, -0.25) is 4.79 Å². The highest BCUT2D eigenvalue weighted by atomic mass is 16.4. The van der Waals surface area contributed by atoms with Crippen molar-refractivity contribution in [1.29, 1.82) is 0 Å². The first-order valence-corrected chi connectivity index (χ1v) is 5.89. The van der Waals surface area contributed by atoms with Crippen molar-refractivity contribution in [1.82, 2.24) is 0 Å². The first-order valence-electron chi connectivity index (χ1n) is 5.89. The standard InChI is InChI=1S/C14H18O2/c1-9-3-6-13-10(2)11(8-14(15)16)4-5-12(13)7-9/h3,6-7,10-11H,4-5,8H2,1-2H3,(H,15,16). The van der Waals surface area contributed by atoms with Crippen LogP contribution < -0.4 is 0 Å². The van der Waals surface area contributed by atoms with Gasteiger partial charge < -0.3 is 5.11 Å². The number of carboxylic acid groups (broad SMARTS) is 1. The van der Waals surface area contributed by atoms with Crippen molar-refractivity contribution in [2.24, 2.45) is 5.92 Å². The number of hydrogen-bond donors (Lipinski definition) is 1. The van der Waals surface area contributed by atoms with E-state index in [1.165, 1.54) is 16.7 Å². The van der Waals surface area contributed by atoms with Gasteiger partial charge in [0, 0.05) is 6.42 Å². The van der Waals surface area contributed by atoms with Gasteiger partial charge in [0.25, 0.3) is 0 Å². The molecule has 16 heavy (non-hydrogen) atoms. The van der Waals surface area contributed by atoms with Crippen molar-refractivity contribution in [3.63, 3.8) is 0 Å². The molecule has 1 N–H and O–H groups in total. The van der Waals surface area contributed by atoms with Gasteiger partial charge in [-0.15, -0.1) is 0 Å². The molecule has 2 unspecified atom stereocenters. The van der Waals surface area contributed by atoms with Crippen molar-refractivity contribution >= 4 is 5.97 Å². The Morgan fingerprint density at radius 3 is 2.94 bits per heavy atom. The molecule has 0 amide bonds. The quantitative estimate of drug-likeness (QED) is 0.828. The van der Waals surface area contributed by atoms with Gasteiger partial charge in [0.15, 0.2) is 0 Å². The van der Waals surface area contributed by atoms with Crippen LogP contribution in [0, 0.1) is 12.8 Å². The zero-order valence-corrected chi connectivity index (χ0v) is 9.86. The average Bonchev–Trinajstić information content (AvgIpc) is 2.22. The van der Waals surface area contributed by atoms with E-state index in [0.717, 1.165) is 12.8 Å². The molecule has 0 fully saturated rings. The Bertz CT molecular complexity index is 409. The molecule has 1 aromatic carbocycles. The lowest BCUT2D eigenvalue weighted by Crippen LogP contribution is -2.21. The number of aryl methyl sites for hydroxylation is 2. The van der Waals surface area contributed by atoms with E-state index >= 15 is 0 Å². The van der Waals surface area contributed by atoms with Crippen molar-refractivity contribution in [2.45, 2.75) is 39.0 Å². The molecule has 1 aromatic rings. The maximum Gasteiger partial charge on any atom is 0.303 e. The summed E-state index contributed by atoms with van der Waals surface area (Å²) in [5.74, 6) is 0.000526. The van der Waals surface area contributed by atoms with Crippen LogP contribution in [0.4, 0.5) is 0 Å². The molecular weight excluding hydrogens is 200 g/mol. The maximum atomic E-state index is 10.8. The molecule has 2 heteroatoms. The zero-order chi connectivity index (χ0) is 11.7. The van der Waals surface area contributed by atoms with Crippen molar-refractivity contribution in [3.8, 4) is 0 Å². The molecular formula is C14H18O2. The summed E-state index contributed by atoms with van der Waals surface area (Å²) < 4.78 is 0. The number of carboxylic acids is 1. The molecule has 2 rings (SSSR count). The van der Waals surface area contributed by atoms with E-state index in [0.29, 0.717) is 18.3 Å². The van der Waals surface area contributed by atoms with Crippen LogP contribution in [0.15, 0.2) is 18.2 Å². The number of carbonyl (C=O) groups is 1. The summed E-state index contributed by atoms with van der Waals surface area (Å²) in [7, 11) is 0. The zero-order valence-electron chi connectivity index (χ0n) is 9.86. The first kappa shape index (κ1) is 11.2. The third-order valence-electron chi connectivity index (χ3n) is 3.72. The van der Waals surface area contributed by atoms with E-state index in [2.05, 4.69) is 32.0 Å². The van der Waals surface area contributed by atoms with Crippen LogP contribution in [0.3, 0.4) is 0 Å². The van der Waals surface area contributed by atoms with E-state index in [1.807, 2.05) is 0 Å². The fourth-order valence-electron chi connectivity index (χ4n) is 2.74. The second-order valence-corrected chi connectivity index (χ2v) is 4.89. The molecule has 1 aliphatic carbocycles. The highest BCUT2D eigenvalue weighted by Crippen LogP contribution is 2.37. The average molecular weight is 218 g/mol. The predicted molar refractivity (Wildman–Crippen MR) is 63.7 cm³/mol. The van der Waals surface area contributed by atoms with Gasteiger partial charge >= 0.3 is 5.97 Å². The molecule has 0 spiro atoms. The first-order chi connectivity index (χ1) is 7.58. The lowest BCUT2D eigenvalue weighted by molar-refractivity contribution is -0.138. The van der Waals surface area contributed by atoms with E-state index in [4.69, 9.17) is 5.11 Å². The molecule has 1 aliphatic rings. The number of fused-ring (bicyclic) bond motifs is 1. The monoisotopic (exact) mass is 218 g/mol. The topological polar surface area (TPSA) is 37.3 Å². The highest BCUT2D eigenvalue weighted by molar-refractivity contribution is 5.67.